The molecule has 0 atom stereocenters. The predicted octanol–water partition coefficient (Wildman–Crippen LogP) is 2.90. The van der Waals surface area contributed by atoms with Crippen molar-refractivity contribution in [2.24, 2.45) is 0 Å². The molecule has 1 aliphatic rings. The highest BCUT2D eigenvalue weighted by Crippen LogP contribution is 2.34. The molecule has 0 saturated carbocycles. The highest BCUT2D eigenvalue weighted by molar-refractivity contribution is 7.18. The molecule has 1 aromatic carbocycles. The second-order valence-corrected chi connectivity index (χ2v) is 9.08. The maximum absolute atomic E-state index is 9.80. The molecule has 7 nitrogen and oxygen atoms in total. The molecule has 166 valence electrons. The number of ether oxygens (including phenoxy) is 1. The van der Waals surface area contributed by atoms with Crippen LogP contribution in [0.4, 0.5) is 10.9 Å². The van der Waals surface area contributed by atoms with Gasteiger partial charge < -0.3 is 25.8 Å². The topological polar surface area (TPSA) is 96.5 Å². The van der Waals surface area contributed by atoms with Crippen LogP contribution < -0.4 is 20.7 Å². The van der Waals surface area contributed by atoms with E-state index in [9.17, 15) is 5.11 Å². The average Bonchev–Trinajstić information content (AvgIpc) is 3.28. The van der Waals surface area contributed by atoms with Crippen LogP contribution in [0.2, 0.25) is 1.41 Å². The molecule has 1 saturated heterocycles. The van der Waals surface area contributed by atoms with Crippen molar-refractivity contribution in [1.82, 2.24) is 15.3 Å². The number of aromatic nitrogens is 2. The number of nitrogens with two attached hydrogens (primary N) is 1. The SMILES string of the molecule is [2H]N1CCN(c2ncc(-c3cnc(N)c(OCc4cccc(C#CC(C)(C)O)c4)c3)s2)CC1. The third kappa shape index (κ3) is 5.77. The van der Waals surface area contributed by atoms with Gasteiger partial charge in [-0.25, -0.2) is 9.97 Å². The Kier molecular flexibility index (Phi) is 6.21. The quantitative estimate of drug-likeness (QED) is 0.514. The van der Waals surface area contributed by atoms with Crippen molar-refractivity contribution in [2.75, 3.05) is 36.8 Å². The van der Waals surface area contributed by atoms with Crippen molar-refractivity contribution >= 4 is 22.3 Å². The Balaban J connectivity index is 1.46. The lowest BCUT2D eigenvalue weighted by atomic mass is 10.1. The van der Waals surface area contributed by atoms with Crippen LogP contribution in [0.3, 0.4) is 0 Å². The number of anilines is 2. The fourth-order valence-corrected chi connectivity index (χ4v) is 4.12. The van der Waals surface area contributed by atoms with Gasteiger partial charge in [-0.3, -0.25) is 0 Å². The van der Waals surface area contributed by atoms with Crippen LogP contribution in [-0.2, 0) is 6.61 Å². The normalized spacial score (nSPS) is 15.1. The molecule has 8 heteroatoms. The van der Waals surface area contributed by atoms with Crippen molar-refractivity contribution in [3.63, 3.8) is 0 Å². The van der Waals surface area contributed by atoms with Crippen LogP contribution in [0.25, 0.3) is 10.4 Å². The van der Waals surface area contributed by atoms with Crippen molar-refractivity contribution in [3.05, 3.63) is 53.9 Å². The number of piperazine rings is 1. The van der Waals surface area contributed by atoms with Crippen molar-refractivity contribution in [1.29, 1.82) is 0 Å². The van der Waals surface area contributed by atoms with E-state index in [0.717, 1.165) is 39.8 Å². The number of nitrogens with one attached hydrogen (secondary N) is 1. The summed E-state index contributed by atoms with van der Waals surface area (Å²) in [7, 11) is 0. The molecule has 0 unspecified atom stereocenters. The largest absolute Gasteiger partial charge is 0.485 e. The minimum Gasteiger partial charge on any atom is -0.485 e. The van der Waals surface area contributed by atoms with Crippen molar-refractivity contribution in [2.45, 2.75) is 26.1 Å². The molecule has 0 radical (unpaired) electrons. The molecular weight excluding hydrogens is 422 g/mol. The first-order valence-electron chi connectivity index (χ1n) is 10.9. The van der Waals surface area contributed by atoms with Crippen LogP contribution in [0.5, 0.6) is 5.75 Å². The zero-order chi connectivity index (χ0) is 23.4. The van der Waals surface area contributed by atoms with E-state index in [2.05, 4.69) is 26.7 Å². The van der Waals surface area contributed by atoms with Crippen LogP contribution >= 0.6 is 11.3 Å². The first-order valence-corrected chi connectivity index (χ1v) is 11.3. The second-order valence-electron chi connectivity index (χ2n) is 8.07. The van der Waals surface area contributed by atoms with Gasteiger partial charge in [0, 0.05) is 49.7 Å². The summed E-state index contributed by atoms with van der Waals surface area (Å²) >= 11 is 1.60. The van der Waals surface area contributed by atoms with Gasteiger partial charge in [-0.2, -0.15) is 0 Å². The number of nitrogens with zero attached hydrogens (tertiary/aromatic N) is 3. The van der Waals surface area contributed by atoms with E-state index < -0.39 is 5.60 Å². The number of hydrogen-bond acceptors (Lipinski definition) is 8. The summed E-state index contributed by atoms with van der Waals surface area (Å²) in [6.07, 6.45) is 3.57. The van der Waals surface area contributed by atoms with Crippen LogP contribution in [0, 0.1) is 11.8 Å². The van der Waals surface area contributed by atoms with Gasteiger partial charge in [0.15, 0.2) is 16.7 Å². The van der Waals surface area contributed by atoms with E-state index in [1.165, 1.54) is 0 Å². The summed E-state index contributed by atoms with van der Waals surface area (Å²) in [5.74, 6) is 6.64. The van der Waals surface area contributed by atoms with Gasteiger partial charge in [-0.15, -0.1) is 0 Å². The molecule has 3 aromatic rings. The molecule has 1 aliphatic heterocycles. The highest BCUT2D eigenvalue weighted by Gasteiger charge is 2.16. The van der Waals surface area contributed by atoms with Crippen LogP contribution in [-0.4, -0.2) is 46.9 Å². The molecule has 3 heterocycles. The summed E-state index contributed by atoms with van der Waals surface area (Å²) in [5.41, 5.74) is 7.66. The monoisotopic (exact) mass is 450 g/mol. The van der Waals surface area contributed by atoms with Gasteiger partial charge in [0.25, 0.3) is 0 Å². The Bertz CT molecular complexity index is 1170. The standard InChI is InChI=1S/C24H27N5O2S/c1-24(2,30)7-6-17-4-3-5-18(12-17)16-31-20-13-19(14-27-22(20)25)21-15-28-23(32-21)29-10-8-26-9-11-29/h3-5,12-15,26,30H,8-11,16H2,1-2H3,(H2,25,27)/i/hD. The Hall–Kier alpha value is -3.12. The van der Waals surface area contributed by atoms with E-state index in [0.29, 0.717) is 31.3 Å². The van der Waals surface area contributed by atoms with Crippen LogP contribution in [0.15, 0.2) is 42.7 Å². The first kappa shape index (κ1) is 20.8. The second kappa shape index (κ2) is 9.57. The van der Waals surface area contributed by atoms with E-state index >= 15 is 0 Å². The third-order valence-electron chi connectivity index (χ3n) is 4.82. The minimum atomic E-state index is -1.04. The molecule has 2 aromatic heterocycles. The Morgan fingerprint density at radius 3 is 2.88 bits per heavy atom. The Labute approximate surface area is 193 Å². The summed E-state index contributed by atoms with van der Waals surface area (Å²) in [4.78, 5) is 12.1. The summed E-state index contributed by atoms with van der Waals surface area (Å²) in [6, 6.07) is 9.57. The van der Waals surface area contributed by atoms with E-state index in [4.69, 9.17) is 11.9 Å². The average molecular weight is 451 g/mol. The number of pyridine rings is 1. The number of benzene rings is 1. The molecule has 0 spiro atoms. The van der Waals surface area contributed by atoms with E-state index in [-0.39, 0.29) is 0 Å². The van der Waals surface area contributed by atoms with Gasteiger partial charge in [0.05, 0.1) is 4.88 Å². The lowest BCUT2D eigenvalue weighted by Crippen LogP contribution is -2.43. The molecular formula is C24H27N5O2S. The van der Waals surface area contributed by atoms with Gasteiger partial charge in [-0.1, -0.05) is 35.3 Å². The van der Waals surface area contributed by atoms with Crippen molar-refractivity contribution in [3.8, 4) is 28.0 Å². The zero-order valence-electron chi connectivity index (χ0n) is 19.2. The third-order valence-corrected chi connectivity index (χ3v) is 5.93. The fourth-order valence-electron chi connectivity index (χ4n) is 3.17. The lowest BCUT2D eigenvalue weighted by Gasteiger charge is -2.26. The number of rotatable bonds is 5. The predicted molar refractivity (Wildman–Crippen MR) is 129 cm³/mol. The Morgan fingerprint density at radius 2 is 2.09 bits per heavy atom. The van der Waals surface area contributed by atoms with E-state index in [1.54, 1.807) is 36.7 Å². The zero-order valence-corrected chi connectivity index (χ0v) is 19.0. The van der Waals surface area contributed by atoms with Crippen molar-refractivity contribution < 1.29 is 11.3 Å². The fraction of sp³-hybridized carbons (Fsp3) is 0.333. The highest BCUT2D eigenvalue weighted by atomic mass is 32.1. The molecule has 0 amide bonds. The van der Waals surface area contributed by atoms with Gasteiger partial charge in [0.2, 0.25) is 0 Å². The number of nitrogen functional groups attached to an aromatic ring is 1. The van der Waals surface area contributed by atoms with E-state index in [1.807, 2.05) is 36.5 Å². The summed E-state index contributed by atoms with van der Waals surface area (Å²) in [6.45, 7) is 6.63. The summed E-state index contributed by atoms with van der Waals surface area (Å²) in [5, 5.41) is 12.3. The van der Waals surface area contributed by atoms with Gasteiger partial charge >= 0.3 is 0 Å². The van der Waals surface area contributed by atoms with Gasteiger partial charge in [0.1, 0.15) is 13.6 Å². The molecule has 4 rings (SSSR count). The molecule has 1 fully saturated rings. The first-order chi connectivity index (χ1) is 15.8. The molecule has 0 bridgehead atoms. The molecule has 0 aliphatic carbocycles. The molecule has 4 N–H and O–H groups in total. The Morgan fingerprint density at radius 1 is 1.28 bits per heavy atom. The molecule has 32 heavy (non-hydrogen) atoms. The maximum Gasteiger partial charge on any atom is 0.185 e. The van der Waals surface area contributed by atoms with Gasteiger partial charge in [-0.05, 0) is 37.6 Å². The summed E-state index contributed by atoms with van der Waals surface area (Å²) < 4.78 is 13.7. The maximum atomic E-state index is 9.80. The number of hydrogen-bond donors (Lipinski definition) is 3. The lowest BCUT2D eigenvalue weighted by molar-refractivity contribution is 0.143. The number of thiazole rings is 1. The number of aliphatic hydroxyl groups is 1. The smallest absolute Gasteiger partial charge is 0.185 e. The minimum absolute atomic E-state index is 0.318. The van der Waals surface area contributed by atoms with Crippen LogP contribution in [0.1, 0.15) is 25.0 Å².